The van der Waals surface area contributed by atoms with Crippen LogP contribution in [0.2, 0.25) is 0 Å². The van der Waals surface area contributed by atoms with Crippen molar-refractivity contribution in [1.29, 1.82) is 0 Å². The Kier molecular flexibility index (Phi) is 7.57. The predicted molar refractivity (Wildman–Crippen MR) is 52.6 cm³/mol. The van der Waals surface area contributed by atoms with Crippen molar-refractivity contribution in [2.45, 2.75) is 26.7 Å². The van der Waals surface area contributed by atoms with Gasteiger partial charge in [-0.1, -0.05) is 13.8 Å². The Morgan fingerprint density at radius 1 is 1.23 bits per heavy atom. The lowest BCUT2D eigenvalue weighted by atomic mass is 10.1. The summed E-state index contributed by atoms with van der Waals surface area (Å²) >= 11 is 5.51. The fourth-order valence-electron chi connectivity index (χ4n) is 1.05. The molecule has 0 fully saturated rings. The van der Waals surface area contributed by atoms with Gasteiger partial charge in [0.1, 0.15) is 0 Å². The fourth-order valence-corrected chi connectivity index (χ4v) is 1.29. The molecular formula is C9H18ClF2N. The van der Waals surface area contributed by atoms with Crippen LogP contribution in [0.3, 0.4) is 0 Å². The summed E-state index contributed by atoms with van der Waals surface area (Å²) in [5.41, 5.74) is 0. The second-order valence-corrected chi connectivity index (χ2v) is 3.94. The lowest BCUT2D eigenvalue weighted by Crippen LogP contribution is -2.32. The van der Waals surface area contributed by atoms with Crippen LogP contribution in [0.5, 0.6) is 0 Å². The van der Waals surface area contributed by atoms with Gasteiger partial charge in [-0.25, -0.2) is 8.78 Å². The van der Waals surface area contributed by atoms with Gasteiger partial charge in [0, 0.05) is 12.4 Å². The molecule has 0 saturated carbocycles. The van der Waals surface area contributed by atoms with Gasteiger partial charge < -0.3 is 0 Å². The molecule has 0 aliphatic carbocycles. The SMILES string of the molecule is CC(C)CCN(CCCl)CC(F)F. The highest BCUT2D eigenvalue weighted by Gasteiger charge is 2.11. The van der Waals surface area contributed by atoms with Crippen molar-refractivity contribution in [1.82, 2.24) is 4.90 Å². The van der Waals surface area contributed by atoms with Crippen molar-refractivity contribution < 1.29 is 8.78 Å². The summed E-state index contributed by atoms with van der Waals surface area (Å²) in [6.07, 6.45) is -1.31. The summed E-state index contributed by atoms with van der Waals surface area (Å²) in [6.45, 7) is 5.29. The molecule has 0 heterocycles. The largest absolute Gasteiger partial charge is 0.297 e. The van der Waals surface area contributed by atoms with Crippen molar-refractivity contribution in [2.24, 2.45) is 5.92 Å². The number of alkyl halides is 3. The summed E-state index contributed by atoms with van der Waals surface area (Å²) in [5.74, 6) is 0.973. The Morgan fingerprint density at radius 3 is 2.23 bits per heavy atom. The number of hydrogen-bond acceptors (Lipinski definition) is 1. The molecule has 13 heavy (non-hydrogen) atoms. The molecule has 0 atom stereocenters. The average Bonchev–Trinajstić information content (AvgIpc) is 1.99. The first-order valence-electron chi connectivity index (χ1n) is 4.62. The van der Waals surface area contributed by atoms with Gasteiger partial charge in [0.2, 0.25) is 0 Å². The van der Waals surface area contributed by atoms with Gasteiger partial charge in [-0.3, -0.25) is 4.90 Å². The molecule has 0 aromatic carbocycles. The molecule has 0 radical (unpaired) electrons. The number of nitrogens with zero attached hydrogens (tertiary/aromatic N) is 1. The van der Waals surface area contributed by atoms with Crippen molar-refractivity contribution in [3.63, 3.8) is 0 Å². The van der Waals surface area contributed by atoms with E-state index >= 15 is 0 Å². The second kappa shape index (κ2) is 7.51. The topological polar surface area (TPSA) is 3.24 Å². The van der Waals surface area contributed by atoms with Crippen LogP contribution in [0, 0.1) is 5.92 Å². The zero-order chi connectivity index (χ0) is 10.3. The van der Waals surface area contributed by atoms with E-state index in [1.54, 1.807) is 4.90 Å². The summed E-state index contributed by atoms with van der Waals surface area (Å²) < 4.78 is 24.1. The quantitative estimate of drug-likeness (QED) is 0.588. The minimum absolute atomic E-state index is 0.153. The van der Waals surface area contributed by atoms with Crippen LogP contribution in [0.4, 0.5) is 8.78 Å². The smallest absolute Gasteiger partial charge is 0.251 e. The lowest BCUT2D eigenvalue weighted by Gasteiger charge is -2.21. The third-order valence-corrected chi connectivity index (χ3v) is 1.99. The maximum absolute atomic E-state index is 12.0. The molecule has 4 heteroatoms. The second-order valence-electron chi connectivity index (χ2n) is 3.56. The zero-order valence-corrected chi connectivity index (χ0v) is 9.03. The van der Waals surface area contributed by atoms with Crippen molar-refractivity contribution in [3.8, 4) is 0 Å². The minimum Gasteiger partial charge on any atom is -0.297 e. The van der Waals surface area contributed by atoms with Gasteiger partial charge in [-0.05, 0) is 18.9 Å². The molecule has 1 nitrogen and oxygen atoms in total. The van der Waals surface area contributed by atoms with Crippen LogP contribution in [0.15, 0.2) is 0 Å². The van der Waals surface area contributed by atoms with E-state index in [2.05, 4.69) is 13.8 Å². The Balaban J connectivity index is 3.66. The average molecular weight is 214 g/mol. The Labute approximate surface area is 84.1 Å². The first-order valence-corrected chi connectivity index (χ1v) is 5.16. The van der Waals surface area contributed by atoms with E-state index < -0.39 is 6.43 Å². The molecule has 80 valence electrons. The van der Waals surface area contributed by atoms with Gasteiger partial charge in [0.05, 0.1) is 6.54 Å². The molecule has 0 rings (SSSR count). The molecule has 0 bridgehead atoms. The number of hydrogen-bond donors (Lipinski definition) is 0. The van der Waals surface area contributed by atoms with E-state index in [-0.39, 0.29) is 6.54 Å². The van der Waals surface area contributed by atoms with Gasteiger partial charge in [0.25, 0.3) is 6.43 Å². The maximum atomic E-state index is 12.0. The number of rotatable bonds is 7. The summed E-state index contributed by atoms with van der Waals surface area (Å²) in [5, 5.41) is 0. The molecule has 0 aromatic rings. The molecule has 0 saturated heterocycles. The van der Waals surface area contributed by atoms with E-state index in [0.717, 1.165) is 6.42 Å². The molecule has 0 aromatic heterocycles. The summed E-state index contributed by atoms with van der Waals surface area (Å²) in [7, 11) is 0. The van der Waals surface area contributed by atoms with E-state index in [1.165, 1.54) is 0 Å². The third-order valence-electron chi connectivity index (χ3n) is 1.82. The van der Waals surface area contributed by atoms with E-state index in [1.807, 2.05) is 0 Å². The van der Waals surface area contributed by atoms with Crippen LogP contribution in [0.1, 0.15) is 20.3 Å². The highest BCUT2D eigenvalue weighted by atomic mass is 35.5. The molecule has 0 spiro atoms. The summed E-state index contributed by atoms with van der Waals surface area (Å²) in [6, 6.07) is 0. The van der Waals surface area contributed by atoms with Crippen molar-refractivity contribution >= 4 is 11.6 Å². The Morgan fingerprint density at radius 2 is 1.85 bits per heavy atom. The van der Waals surface area contributed by atoms with Crippen LogP contribution in [0.25, 0.3) is 0 Å². The van der Waals surface area contributed by atoms with E-state index in [4.69, 9.17) is 11.6 Å². The molecule has 0 amide bonds. The summed E-state index contributed by atoms with van der Waals surface area (Å²) in [4.78, 5) is 1.72. The maximum Gasteiger partial charge on any atom is 0.251 e. The standard InChI is InChI=1S/C9H18ClF2N/c1-8(2)3-5-13(6-4-10)7-9(11)12/h8-9H,3-7H2,1-2H3. The van der Waals surface area contributed by atoms with Crippen molar-refractivity contribution in [2.75, 3.05) is 25.5 Å². The molecule has 0 unspecified atom stereocenters. The van der Waals surface area contributed by atoms with Gasteiger partial charge in [0.15, 0.2) is 0 Å². The molecule has 0 aliphatic rings. The van der Waals surface area contributed by atoms with Gasteiger partial charge in [-0.2, -0.15) is 0 Å². The van der Waals surface area contributed by atoms with Crippen LogP contribution in [-0.2, 0) is 0 Å². The van der Waals surface area contributed by atoms with Gasteiger partial charge >= 0.3 is 0 Å². The Hall–Kier alpha value is 0.110. The number of halogens is 3. The monoisotopic (exact) mass is 213 g/mol. The first kappa shape index (κ1) is 13.1. The highest BCUT2D eigenvalue weighted by molar-refractivity contribution is 6.18. The van der Waals surface area contributed by atoms with E-state index in [0.29, 0.717) is 24.9 Å². The van der Waals surface area contributed by atoms with Gasteiger partial charge in [-0.15, -0.1) is 11.6 Å². The third kappa shape index (κ3) is 8.44. The molecule has 0 N–H and O–H groups in total. The normalized spacial score (nSPS) is 12.0. The zero-order valence-electron chi connectivity index (χ0n) is 8.27. The van der Waals surface area contributed by atoms with Crippen molar-refractivity contribution in [3.05, 3.63) is 0 Å². The highest BCUT2D eigenvalue weighted by Crippen LogP contribution is 2.05. The predicted octanol–water partition coefficient (Wildman–Crippen LogP) is 2.84. The van der Waals surface area contributed by atoms with E-state index in [9.17, 15) is 8.78 Å². The minimum atomic E-state index is -2.25. The lowest BCUT2D eigenvalue weighted by molar-refractivity contribution is 0.0889. The van der Waals surface area contributed by atoms with Crippen LogP contribution < -0.4 is 0 Å². The first-order chi connectivity index (χ1) is 6.06. The fraction of sp³-hybridized carbons (Fsp3) is 1.00. The molecule has 0 aliphatic heterocycles. The van der Waals surface area contributed by atoms with Crippen LogP contribution >= 0.6 is 11.6 Å². The Bertz CT molecular complexity index is 120. The van der Waals surface area contributed by atoms with Crippen LogP contribution in [-0.4, -0.2) is 36.8 Å². The molecular weight excluding hydrogens is 196 g/mol.